The number of hydrogen-bond acceptors (Lipinski definition) is 2. The van der Waals surface area contributed by atoms with Crippen molar-refractivity contribution >= 4 is 5.97 Å². The van der Waals surface area contributed by atoms with E-state index in [2.05, 4.69) is 0 Å². The van der Waals surface area contributed by atoms with Crippen molar-refractivity contribution in [3.8, 4) is 0 Å². The Kier molecular flexibility index (Phi) is 2.00. The molecule has 1 heterocycles. The second-order valence-electron chi connectivity index (χ2n) is 3.12. The molecule has 1 aliphatic heterocycles. The molecule has 1 fully saturated rings. The summed E-state index contributed by atoms with van der Waals surface area (Å²) in [7, 11) is 0. The van der Waals surface area contributed by atoms with Crippen LogP contribution < -0.4 is 0 Å². The molecular weight excluding hydrogens is 144 g/mol. The maximum absolute atomic E-state index is 10.3. The SMILES string of the molecule is CC1(C)OCC/C1=C\C(=O)O. The van der Waals surface area contributed by atoms with Gasteiger partial charge >= 0.3 is 5.97 Å². The lowest BCUT2D eigenvalue weighted by Crippen LogP contribution is -2.20. The van der Waals surface area contributed by atoms with Gasteiger partial charge in [-0.1, -0.05) is 0 Å². The lowest BCUT2D eigenvalue weighted by Gasteiger charge is -2.17. The molecule has 1 rings (SSSR count). The van der Waals surface area contributed by atoms with E-state index in [0.29, 0.717) is 6.61 Å². The van der Waals surface area contributed by atoms with Crippen LogP contribution in [0.5, 0.6) is 0 Å². The zero-order chi connectivity index (χ0) is 8.48. The van der Waals surface area contributed by atoms with Crippen molar-refractivity contribution in [3.05, 3.63) is 11.6 Å². The first-order valence-corrected chi connectivity index (χ1v) is 3.60. The lowest BCUT2D eigenvalue weighted by atomic mass is 9.98. The van der Waals surface area contributed by atoms with Gasteiger partial charge in [-0.05, 0) is 25.8 Å². The Hall–Kier alpha value is -0.830. The summed E-state index contributed by atoms with van der Waals surface area (Å²) in [5.74, 6) is -0.890. The summed E-state index contributed by atoms with van der Waals surface area (Å²) in [6, 6.07) is 0. The van der Waals surface area contributed by atoms with Crippen LogP contribution in [0, 0.1) is 0 Å². The smallest absolute Gasteiger partial charge is 0.328 e. The van der Waals surface area contributed by atoms with Gasteiger partial charge in [0.2, 0.25) is 0 Å². The van der Waals surface area contributed by atoms with Crippen LogP contribution >= 0.6 is 0 Å². The van der Waals surface area contributed by atoms with Crippen LogP contribution in [0.15, 0.2) is 11.6 Å². The van der Waals surface area contributed by atoms with Gasteiger partial charge in [0.1, 0.15) is 0 Å². The number of carboxylic acid groups (broad SMARTS) is 1. The molecule has 3 nitrogen and oxygen atoms in total. The third-order valence-corrected chi connectivity index (χ3v) is 1.91. The third kappa shape index (κ3) is 1.80. The third-order valence-electron chi connectivity index (χ3n) is 1.91. The van der Waals surface area contributed by atoms with Gasteiger partial charge in [0, 0.05) is 6.08 Å². The van der Waals surface area contributed by atoms with E-state index in [4.69, 9.17) is 9.84 Å². The summed E-state index contributed by atoms with van der Waals surface area (Å²) in [6.07, 6.45) is 1.98. The number of carbonyl (C=O) groups is 1. The lowest BCUT2D eigenvalue weighted by molar-refractivity contribution is -0.131. The summed E-state index contributed by atoms with van der Waals surface area (Å²) in [4.78, 5) is 10.3. The molecular formula is C8H12O3. The minimum Gasteiger partial charge on any atom is -0.478 e. The molecule has 0 aromatic rings. The standard InChI is InChI=1S/C8H12O3/c1-8(2)6(3-4-11-8)5-7(9)10/h5H,3-4H2,1-2H3,(H,9,10)/b6-5+. The van der Waals surface area contributed by atoms with Gasteiger partial charge in [-0.25, -0.2) is 4.79 Å². The summed E-state index contributed by atoms with van der Waals surface area (Å²) in [5.41, 5.74) is 0.489. The molecule has 1 saturated heterocycles. The van der Waals surface area contributed by atoms with E-state index in [9.17, 15) is 4.79 Å². The second kappa shape index (κ2) is 2.66. The average Bonchev–Trinajstić information content (AvgIpc) is 2.10. The van der Waals surface area contributed by atoms with Crippen molar-refractivity contribution in [2.75, 3.05) is 6.61 Å². The summed E-state index contributed by atoms with van der Waals surface area (Å²) < 4.78 is 5.32. The van der Waals surface area contributed by atoms with Crippen molar-refractivity contribution < 1.29 is 14.6 Å². The Balaban J connectivity index is 2.80. The highest BCUT2D eigenvalue weighted by molar-refractivity contribution is 5.81. The molecule has 0 aliphatic carbocycles. The summed E-state index contributed by atoms with van der Waals surface area (Å²) in [5, 5.41) is 8.47. The first kappa shape index (κ1) is 8.27. The van der Waals surface area contributed by atoms with Crippen LogP contribution in [0.2, 0.25) is 0 Å². The van der Waals surface area contributed by atoms with Gasteiger partial charge in [0.15, 0.2) is 0 Å². The quantitative estimate of drug-likeness (QED) is 0.580. The molecule has 0 amide bonds. The average molecular weight is 156 g/mol. The van der Waals surface area contributed by atoms with E-state index in [1.165, 1.54) is 6.08 Å². The molecule has 62 valence electrons. The van der Waals surface area contributed by atoms with Gasteiger partial charge in [-0.2, -0.15) is 0 Å². The Morgan fingerprint density at radius 1 is 1.73 bits per heavy atom. The van der Waals surface area contributed by atoms with E-state index in [1.54, 1.807) is 0 Å². The Labute approximate surface area is 65.7 Å². The highest BCUT2D eigenvalue weighted by Gasteiger charge is 2.29. The maximum atomic E-state index is 10.3. The van der Waals surface area contributed by atoms with Crippen molar-refractivity contribution in [3.63, 3.8) is 0 Å². The predicted octanol–water partition coefficient (Wildman–Crippen LogP) is 1.20. The van der Waals surface area contributed by atoms with Crippen LogP contribution in [-0.2, 0) is 9.53 Å². The molecule has 1 aliphatic rings. The van der Waals surface area contributed by atoms with Crippen molar-refractivity contribution in [2.24, 2.45) is 0 Å². The highest BCUT2D eigenvalue weighted by atomic mass is 16.5. The van der Waals surface area contributed by atoms with Gasteiger partial charge in [-0.3, -0.25) is 0 Å². The van der Waals surface area contributed by atoms with Crippen LogP contribution in [0.1, 0.15) is 20.3 Å². The molecule has 0 atom stereocenters. The number of ether oxygens (including phenoxy) is 1. The molecule has 0 bridgehead atoms. The van der Waals surface area contributed by atoms with E-state index in [-0.39, 0.29) is 5.60 Å². The first-order valence-electron chi connectivity index (χ1n) is 3.60. The van der Waals surface area contributed by atoms with E-state index in [1.807, 2.05) is 13.8 Å². The Morgan fingerprint density at radius 3 is 2.73 bits per heavy atom. The van der Waals surface area contributed by atoms with Crippen molar-refractivity contribution in [2.45, 2.75) is 25.9 Å². The normalized spacial score (nSPS) is 25.8. The topological polar surface area (TPSA) is 46.5 Å². The number of carboxylic acids is 1. The summed E-state index contributed by atoms with van der Waals surface area (Å²) in [6.45, 7) is 4.40. The number of aliphatic carboxylic acids is 1. The van der Waals surface area contributed by atoms with Gasteiger partial charge < -0.3 is 9.84 Å². The fourth-order valence-corrected chi connectivity index (χ4v) is 1.20. The van der Waals surface area contributed by atoms with Crippen LogP contribution in [0.25, 0.3) is 0 Å². The van der Waals surface area contributed by atoms with Crippen LogP contribution in [0.3, 0.4) is 0 Å². The fourth-order valence-electron chi connectivity index (χ4n) is 1.20. The largest absolute Gasteiger partial charge is 0.478 e. The number of rotatable bonds is 1. The highest BCUT2D eigenvalue weighted by Crippen LogP contribution is 2.30. The molecule has 3 heteroatoms. The van der Waals surface area contributed by atoms with Gasteiger partial charge in [0.25, 0.3) is 0 Å². The fraction of sp³-hybridized carbons (Fsp3) is 0.625. The van der Waals surface area contributed by atoms with Gasteiger partial charge in [-0.15, -0.1) is 0 Å². The molecule has 0 saturated carbocycles. The molecule has 1 N–H and O–H groups in total. The molecule has 11 heavy (non-hydrogen) atoms. The minimum absolute atomic E-state index is 0.377. The monoisotopic (exact) mass is 156 g/mol. The molecule has 0 aromatic carbocycles. The molecule has 0 aromatic heterocycles. The molecule has 0 unspecified atom stereocenters. The second-order valence-corrected chi connectivity index (χ2v) is 3.12. The van der Waals surface area contributed by atoms with Crippen molar-refractivity contribution in [1.82, 2.24) is 0 Å². The molecule has 0 spiro atoms. The predicted molar refractivity (Wildman–Crippen MR) is 40.4 cm³/mol. The van der Waals surface area contributed by atoms with E-state index in [0.717, 1.165) is 12.0 Å². The maximum Gasteiger partial charge on any atom is 0.328 e. The van der Waals surface area contributed by atoms with Gasteiger partial charge in [0.05, 0.1) is 12.2 Å². The summed E-state index contributed by atoms with van der Waals surface area (Å²) >= 11 is 0. The van der Waals surface area contributed by atoms with Crippen molar-refractivity contribution in [1.29, 1.82) is 0 Å². The number of hydrogen-bond donors (Lipinski definition) is 1. The zero-order valence-electron chi connectivity index (χ0n) is 6.76. The van der Waals surface area contributed by atoms with Crippen LogP contribution in [0.4, 0.5) is 0 Å². The van der Waals surface area contributed by atoms with E-state index < -0.39 is 5.97 Å². The van der Waals surface area contributed by atoms with Crippen LogP contribution in [-0.4, -0.2) is 23.3 Å². The minimum atomic E-state index is -0.890. The van der Waals surface area contributed by atoms with E-state index >= 15 is 0 Å². The Bertz CT molecular complexity index is 203. The first-order chi connectivity index (χ1) is 5.02. The zero-order valence-corrected chi connectivity index (χ0v) is 6.76. The molecule has 0 radical (unpaired) electrons. The Morgan fingerprint density at radius 2 is 2.36 bits per heavy atom.